The van der Waals surface area contributed by atoms with Crippen molar-refractivity contribution in [1.82, 2.24) is 5.32 Å². The van der Waals surface area contributed by atoms with Crippen molar-refractivity contribution < 1.29 is 19.1 Å². The zero-order chi connectivity index (χ0) is 15.0. The van der Waals surface area contributed by atoms with E-state index < -0.39 is 11.7 Å². The maximum absolute atomic E-state index is 11.5. The number of rotatable bonds is 6. The SMILES string of the molecule is CC(Cl)OC(=O)NCCCC(=O)Oc1ccc(Cl)cc1. The van der Waals surface area contributed by atoms with Gasteiger partial charge in [0.1, 0.15) is 5.75 Å². The largest absolute Gasteiger partial charge is 0.430 e. The number of alkyl halides is 1. The lowest BCUT2D eigenvalue weighted by Crippen LogP contribution is -2.27. The van der Waals surface area contributed by atoms with E-state index in [-0.39, 0.29) is 12.4 Å². The summed E-state index contributed by atoms with van der Waals surface area (Å²) >= 11 is 11.2. The maximum atomic E-state index is 11.5. The summed E-state index contributed by atoms with van der Waals surface area (Å²) in [6.07, 6.45) is 0.0101. The molecule has 1 rings (SSSR count). The second-order valence-corrected chi connectivity index (χ2v) is 4.96. The highest BCUT2D eigenvalue weighted by Crippen LogP contribution is 2.16. The van der Waals surface area contributed by atoms with Gasteiger partial charge in [-0.15, -0.1) is 0 Å². The van der Waals surface area contributed by atoms with E-state index in [9.17, 15) is 9.59 Å². The third kappa shape index (κ3) is 7.21. The van der Waals surface area contributed by atoms with E-state index in [1.807, 2.05) is 0 Å². The first-order valence-corrected chi connectivity index (χ1v) is 6.83. The van der Waals surface area contributed by atoms with Gasteiger partial charge < -0.3 is 14.8 Å². The second kappa shape index (κ2) is 8.66. The highest BCUT2D eigenvalue weighted by molar-refractivity contribution is 6.30. The van der Waals surface area contributed by atoms with E-state index in [1.165, 1.54) is 6.92 Å². The summed E-state index contributed by atoms with van der Waals surface area (Å²) in [5, 5.41) is 3.04. The first kappa shape index (κ1) is 16.6. The van der Waals surface area contributed by atoms with E-state index in [2.05, 4.69) is 10.1 Å². The fourth-order valence-corrected chi connectivity index (χ4v) is 1.50. The number of esters is 1. The van der Waals surface area contributed by atoms with Crippen molar-refractivity contribution in [1.29, 1.82) is 0 Å². The summed E-state index contributed by atoms with van der Waals surface area (Å²) in [6, 6.07) is 6.49. The number of alkyl carbamates (subject to hydrolysis) is 1. The van der Waals surface area contributed by atoms with Crippen LogP contribution in [0.5, 0.6) is 5.75 Å². The van der Waals surface area contributed by atoms with Crippen LogP contribution in [0.4, 0.5) is 4.79 Å². The molecule has 1 unspecified atom stereocenters. The summed E-state index contributed by atoms with van der Waals surface area (Å²) in [5.74, 6) is 0.0518. The second-order valence-electron chi connectivity index (χ2n) is 3.91. The zero-order valence-electron chi connectivity index (χ0n) is 10.9. The Morgan fingerprint density at radius 2 is 1.95 bits per heavy atom. The molecule has 1 atom stereocenters. The predicted octanol–water partition coefficient (Wildman–Crippen LogP) is 3.34. The number of carbonyl (C=O) groups excluding carboxylic acids is 2. The molecule has 0 spiro atoms. The Hall–Kier alpha value is -1.46. The highest BCUT2D eigenvalue weighted by atomic mass is 35.5. The van der Waals surface area contributed by atoms with Gasteiger partial charge in [0, 0.05) is 18.0 Å². The lowest BCUT2D eigenvalue weighted by Gasteiger charge is -2.08. The van der Waals surface area contributed by atoms with Crippen molar-refractivity contribution in [3.05, 3.63) is 29.3 Å². The Morgan fingerprint density at radius 1 is 1.30 bits per heavy atom. The molecule has 0 aliphatic rings. The van der Waals surface area contributed by atoms with Crippen molar-refractivity contribution in [3.63, 3.8) is 0 Å². The molecule has 1 N–H and O–H groups in total. The third-order valence-electron chi connectivity index (χ3n) is 2.14. The van der Waals surface area contributed by atoms with E-state index in [0.29, 0.717) is 23.7 Å². The van der Waals surface area contributed by atoms with Crippen LogP contribution in [0.1, 0.15) is 19.8 Å². The van der Waals surface area contributed by atoms with Crippen LogP contribution in [0.25, 0.3) is 0 Å². The number of hydrogen-bond acceptors (Lipinski definition) is 4. The summed E-state index contributed by atoms with van der Waals surface area (Å²) in [6.45, 7) is 1.84. The molecule has 0 aliphatic heterocycles. The molecule has 0 saturated heterocycles. The Labute approximate surface area is 127 Å². The smallest absolute Gasteiger partial charge is 0.408 e. The van der Waals surface area contributed by atoms with Gasteiger partial charge in [-0.1, -0.05) is 23.2 Å². The number of hydrogen-bond donors (Lipinski definition) is 1. The van der Waals surface area contributed by atoms with Crippen molar-refractivity contribution in [2.45, 2.75) is 25.3 Å². The fraction of sp³-hybridized carbons (Fsp3) is 0.385. The molecular formula is C13H15Cl2NO4. The van der Waals surface area contributed by atoms with Crippen LogP contribution in [0.3, 0.4) is 0 Å². The molecule has 20 heavy (non-hydrogen) atoms. The molecule has 0 aromatic heterocycles. The van der Waals surface area contributed by atoms with Gasteiger partial charge >= 0.3 is 12.1 Å². The van der Waals surface area contributed by atoms with E-state index in [0.717, 1.165) is 0 Å². The van der Waals surface area contributed by atoms with E-state index in [4.69, 9.17) is 27.9 Å². The molecule has 0 heterocycles. The van der Waals surface area contributed by atoms with Crippen LogP contribution in [0, 0.1) is 0 Å². The van der Waals surface area contributed by atoms with Crippen LogP contribution >= 0.6 is 23.2 Å². The summed E-state index contributed by atoms with van der Waals surface area (Å²) in [4.78, 5) is 22.6. The molecule has 5 nitrogen and oxygen atoms in total. The fourth-order valence-electron chi connectivity index (χ4n) is 1.30. The standard InChI is InChI=1S/C13H15Cl2NO4/c1-9(14)19-13(18)16-8-2-3-12(17)20-11-6-4-10(15)5-7-11/h4-7,9H,2-3,8H2,1H3,(H,16,18). The molecule has 0 bridgehead atoms. The lowest BCUT2D eigenvalue weighted by atomic mass is 10.3. The quantitative estimate of drug-likeness (QED) is 0.378. The van der Waals surface area contributed by atoms with Gasteiger partial charge in [0.05, 0.1) is 0 Å². The van der Waals surface area contributed by atoms with Crippen LogP contribution in [0.15, 0.2) is 24.3 Å². The predicted molar refractivity (Wildman–Crippen MR) is 76.1 cm³/mol. The minimum Gasteiger partial charge on any atom is -0.430 e. The van der Waals surface area contributed by atoms with Gasteiger partial charge in [-0.05, 0) is 37.6 Å². The molecule has 0 fully saturated rings. The molecule has 0 radical (unpaired) electrons. The lowest BCUT2D eigenvalue weighted by molar-refractivity contribution is -0.134. The van der Waals surface area contributed by atoms with Crippen molar-refractivity contribution in [2.24, 2.45) is 0 Å². The van der Waals surface area contributed by atoms with Gasteiger partial charge in [-0.2, -0.15) is 0 Å². The highest BCUT2D eigenvalue weighted by Gasteiger charge is 2.07. The third-order valence-corrected chi connectivity index (χ3v) is 2.48. The van der Waals surface area contributed by atoms with Crippen molar-refractivity contribution in [2.75, 3.05) is 6.54 Å². The molecule has 7 heteroatoms. The minimum atomic E-state index is -0.690. The molecule has 0 aliphatic carbocycles. The topological polar surface area (TPSA) is 64.6 Å². The summed E-state index contributed by atoms with van der Waals surface area (Å²) < 4.78 is 9.73. The Bertz CT molecular complexity index is 448. The number of nitrogens with one attached hydrogen (secondary N) is 1. The average molecular weight is 320 g/mol. The first-order chi connectivity index (χ1) is 9.47. The molecule has 1 aromatic rings. The van der Waals surface area contributed by atoms with Crippen LogP contribution < -0.4 is 10.1 Å². The summed E-state index contributed by atoms with van der Waals surface area (Å²) in [5.41, 5.74) is -0.690. The number of benzene rings is 1. The van der Waals surface area contributed by atoms with Crippen molar-refractivity contribution in [3.8, 4) is 5.75 Å². The van der Waals surface area contributed by atoms with Gasteiger partial charge in [-0.25, -0.2) is 4.79 Å². The molecule has 110 valence electrons. The average Bonchev–Trinajstić information content (AvgIpc) is 2.37. The zero-order valence-corrected chi connectivity index (χ0v) is 12.4. The van der Waals surface area contributed by atoms with Gasteiger partial charge in [0.15, 0.2) is 5.56 Å². The van der Waals surface area contributed by atoms with Gasteiger partial charge in [0.2, 0.25) is 0 Å². The van der Waals surface area contributed by atoms with Crippen LogP contribution in [-0.2, 0) is 9.53 Å². The molecular weight excluding hydrogens is 305 g/mol. The monoisotopic (exact) mass is 319 g/mol. The van der Waals surface area contributed by atoms with E-state index >= 15 is 0 Å². The number of carbonyl (C=O) groups is 2. The molecule has 0 saturated carbocycles. The van der Waals surface area contributed by atoms with Gasteiger partial charge in [0.25, 0.3) is 0 Å². The van der Waals surface area contributed by atoms with Gasteiger partial charge in [-0.3, -0.25) is 4.79 Å². The maximum Gasteiger partial charge on any atom is 0.408 e. The number of ether oxygens (including phenoxy) is 2. The number of amides is 1. The van der Waals surface area contributed by atoms with Crippen molar-refractivity contribution >= 4 is 35.3 Å². The first-order valence-electron chi connectivity index (χ1n) is 6.02. The Morgan fingerprint density at radius 3 is 2.55 bits per heavy atom. The molecule has 1 aromatic carbocycles. The Kier molecular flexibility index (Phi) is 7.18. The minimum absolute atomic E-state index is 0.180. The number of halogens is 2. The van der Waals surface area contributed by atoms with Crippen LogP contribution in [-0.4, -0.2) is 24.2 Å². The normalized spacial score (nSPS) is 11.6. The molecule has 1 amide bonds. The summed E-state index contributed by atoms with van der Waals surface area (Å²) in [7, 11) is 0. The van der Waals surface area contributed by atoms with Crippen LogP contribution in [0.2, 0.25) is 5.02 Å². The van der Waals surface area contributed by atoms with E-state index in [1.54, 1.807) is 24.3 Å². The Balaban J connectivity index is 2.17.